The molecule has 0 unspecified atom stereocenters. The predicted octanol–water partition coefficient (Wildman–Crippen LogP) is 2.40. The number of rotatable bonds is 5. The Balaban J connectivity index is 2.11. The maximum atomic E-state index is 12.5. The monoisotopic (exact) mass is 285 g/mol. The lowest BCUT2D eigenvalue weighted by Crippen LogP contribution is -2.27. The van der Waals surface area contributed by atoms with Crippen molar-refractivity contribution in [3.8, 4) is 5.75 Å². The van der Waals surface area contributed by atoms with Crippen LogP contribution in [0.15, 0.2) is 42.7 Å². The van der Waals surface area contributed by atoms with Crippen LogP contribution in [0.1, 0.15) is 15.9 Å². The van der Waals surface area contributed by atoms with E-state index in [4.69, 9.17) is 4.74 Å². The zero-order chi connectivity index (χ0) is 15.2. The average Bonchev–Trinajstić information content (AvgIpc) is 2.54. The van der Waals surface area contributed by atoms with Crippen LogP contribution in [0.2, 0.25) is 0 Å². The molecule has 1 aromatic carbocycles. The summed E-state index contributed by atoms with van der Waals surface area (Å²) >= 11 is 0. The van der Waals surface area contributed by atoms with Gasteiger partial charge >= 0.3 is 0 Å². The molecule has 0 radical (unpaired) electrons. The first-order chi connectivity index (χ1) is 10.2. The van der Waals surface area contributed by atoms with Crippen molar-refractivity contribution in [2.45, 2.75) is 6.54 Å². The highest BCUT2D eigenvalue weighted by atomic mass is 16.5. The number of hydrogen-bond acceptors (Lipinski definition) is 4. The highest BCUT2D eigenvalue weighted by molar-refractivity contribution is 5.99. The summed E-state index contributed by atoms with van der Waals surface area (Å²) < 4.78 is 5.12. The van der Waals surface area contributed by atoms with Gasteiger partial charge in [0, 0.05) is 38.7 Å². The van der Waals surface area contributed by atoms with E-state index in [-0.39, 0.29) is 5.91 Å². The summed E-state index contributed by atoms with van der Waals surface area (Å²) in [4.78, 5) is 18.2. The number of ether oxygens (including phenoxy) is 1. The molecule has 1 amide bonds. The number of methoxy groups -OCH3 is 1. The molecule has 2 rings (SSSR count). The summed E-state index contributed by atoms with van der Waals surface area (Å²) in [5.41, 5.74) is 2.38. The number of hydrogen-bond donors (Lipinski definition) is 1. The highest BCUT2D eigenvalue weighted by Crippen LogP contribution is 2.17. The van der Waals surface area contributed by atoms with Crippen LogP contribution in [-0.2, 0) is 6.54 Å². The van der Waals surface area contributed by atoms with Crippen molar-refractivity contribution >= 4 is 11.6 Å². The van der Waals surface area contributed by atoms with Gasteiger partial charge in [-0.3, -0.25) is 9.78 Å². The Bertz CT molecular complexity index is 611. The quantitative estimate of drug-likeness (QED) is 0.916. The first kappa shape index (κ1) is 14.8. The normalized spacial score (nSPS) is 10.0. The summed E-state index contributed by atoms with van der Waals surface area (Å²) in [6, 6.07) is 9.46. The van der Waals surface area contributed by atoms with E-state index in [1.54, 1.807) is 44.6 Å². The molecule has 0 saturated heterocycles. The second-order valence-electron chi connectivity index (χ2n) is 4.68. The van der Waals surface area contributed by atoms with Crippen molar-refractivity contribution in [1.82, 2.24) is 9.88 Å². The van der Waals surface area contributed by atoms with Crippen LogP contribution in [0.3, 0.4) is 0 Å². The second-order valence-corrected chi connectivity index (χ2v) is 4.68. The first-order valence-corrected chi connectivity index (χ1v) is 6.66. The van der Waals surface area contributed by atoms with Gasteiger partial charge in [-0.2, -0.15) is 0 Å². The summed E-state index contributed by atoms with van der Waals surface area (Å²) in [5, 5.41) is 3.01. The van der Waals surface area contributed by atoms with Crippen molar-refractivity contribution in [2.75, 3.05) is 26.5 Å². The van der Waals surface area contributed by atoms with E-state index >= 15 is 0 Å². The van der Waals surface area contributed by atoms with E-state index in [0.29, 0.717) is 12.1 Å². The zero-order valence-electron chi connectivity index (χ0n) is 12.5. The third-order valence-electron chi connectivity index (χ3n) is 3.25. The molecule has 0 aliphatic carbocycles. The Morgan fingerprint density at radius 3 is 2.62 bits per heavy atom. The Kier molecular flexibility index (Phi) is 4.77. The number of carbonyl (C=O) groups excluding carboxylic acids is 1. The minimum atomic E-state index is -0.0664. The fourth-order valence-electron chi connectivity index (χ4n) is 2.07. The molecule has 0 aliphatic heterocycles. The maximum Gasteiger partial charge on any atom is 0.257 e. The van der Waals surface area contributed by atoms with Crippen molar-refractivity contribution in [1.29, 1.82) is 0 Å². The molecule has 1 heterocycles. The molecule has 0 aliphatic rings. The van der Waals surface area contributed by atoms with Gasteiger partial charge in [0.2, 0.25) is 0 Å². The lowest BCUT2D eigenvalue weighted by atomic mass is 10.1. The van der Waals surface area contributed by atoms with Crippen LogP contribution in [0.4, 0.5) is 5.69 Å². The number of nitrogens with one attached hydrogen (secondary N) is 1. The van der Waals surface area contributed by atoms with Gasteiger partial charge in [-0.25, -0.2) is 0 Å². The molecule has 21 heavy (non-hydrogen) atoms. The minimum Gasteiger partial charge on any atom is -0.497 e. The Morgan fingerprint density at radius 1 is 1.29 bits per heavy atom. The smallest absolute Gasteiger partial charge is 0.257 e. The molecule has 0 atom stereocenters. The van der Waals surface area contributed by atoms with Crippen LogP contribution < -0.4 is 10.1 Å². The number of aromatic nitrogens is 1. The molecule has 1 aromatic heterocycles. The molecule has 0 saturated carbocycles. The van der Waals surface area contributed by atoms with E-state index < -0.39 is 0 Å². The predicted molar refractivity (Wildman–Crippen MR) is 82.6 cm³/mol. The minimum absolute atomic E-state index is 0.0664. The molecule has 5 heteroatoms. The molecule has 110 valence electrons. The van der Waals surface area contributed by atoms with Crippen LogP contribution >= 0.6 is 0 Å². The molecule has 0 bridgehead atoms. The van der Waals surface area contributed by atoms with Crippen molar-refractivity contribution in [3.63, 3.8) is 0 Å². The van der Waals surface area contributed by atoms with Crippen LogP contribution in [0, 0.1) is 0 Å². The second kappa shape index (κ2) is 6.74. The third-order valence-corrected chi connectivity index (χ3v) is 3.25. The van der Waals surface area contributed by atoms with Gasteiger partial charge in [-0.15, -0.1) is 0 Å². The lowest BCUT2D eigenvalue weighted by Gasteiger charge is -2.19. The fraction of sp³-hybridized carbons (Fsp3) is 0.250. The topological polar surface area (TPSA) is 54.5 Å². The SMILES string of the molecule is CNc1ccncc1C(=O)N(C)Cc1ccc(OC)cc1. The zero-order valence-corrected chi connectivity index (χ0v) is 12.5. The third kappa shape index (κ3) is 3.51. The first-order valence-electron chi connectivity index (χ1n) is 6.66. The van der Waals surface area contributed by atoms with Gasteiger partial charge < -0.3 is 15.0 Å². The maximum absolute atomic E-state index is 12.5. The number of nitrogens with zero attached hydrogens (tertiary/aromatic N) is 2. The highest BCUT2D eigenvalue weighted by Gasteiger charge is 2.15. The molecule has 1 N–H and O–H groups in total. The van der Waals surface area contributed by atoms with E-state index in [1.165, 1.54) is 0 Å². The number of benzene rings is 1. The number of carbonyl (C=O) groups is 1. The van der Waals surface area contributed by atoms with Crippen LogP contribution in [0.25, 0.3) is 0 Å². The molecule has 5 nitrogen and oxygen atoms in total. The number of anilines is 1. The largest absolute Gasteiger partial charge is 0.497 e. The van der Waals surface area contributed by atoms with Crippen molar-refractivity contribution in [2.24, 2.45) is 0 Å². The standard InChI is InChI=1S/C16H19N3O2/c1-17-15-8-9-18-10-14(15)16(20)19(2)11-12-4-6-13(21-3)7-5-12/h4-10H,11H2,1-3H3,(H,17,18). The van der Waals surface area contributed by atoms with Gasteiger partial charge in [0.25, 0.3) is 5.91 Å². The van der Waals surface area contributed by atoms with Gasteiger partial charge in [0.1, 0.15) is 5.75 Å². The van der Waals surface area contributed by atoms with Gasteiger partial charge in [0.05, 0.1) is 12.7 Å². The number of amides is 1. The molecule has 0 fully saturated rings. The van der Waals surface area contributed by atoms with Gasteiger partial charge in [0.15, 0.2) is 0 Å². The summed E-state index contributed by atoms with van der Waals surface area (Å²) in [6.07, 6.45) is 3.24. The Hall–Kier alpha value is -2.56. The number of pyridine rings is 1. The molecular formula is C16H19N3O2. The van der Waals surface area contributed by atoms with Crippen LogP contribution in [-0.4, -0.2) is 37.0 Å². The van der Waals surface area contributed by atoms with Crippen molar-refractivity contribution in [3.05, 3.63) is 53.9 Å². The van der Waals surface area contributed by atoms with Crippen LogP contribution in [0.5, 0.6) is 5.75 Å². The van der Waals surface area contributed by atoms with E-state index in [0.717, 1.165) is 17.0 Å². The Morgan fingerprint density at radius 2 is 2.00 bits per heavy atom. The Labute approximate surface area is 124 Å². The molecular weight excluding hydrogens is 266 g/mol. The van der Waals surface area contributed by atoms with E-state index in [9.17, 15) is 4.79 Å². The summed E-state index contributed by atoms with van der Waals surface area (Å²) in [5.74, 6) is 0.737. The van der Waals surface area contributed by atoms with E-state index in [1.807, 2.05) is 24.3 Å². The summed E-state index contributed by atoms with van der Waals surface area (Å²) in [7, 11) is 5.20. The fourth-order valence-corrected chi connectivity index (χ4v) is 2.07. The summed E-state index contributed by atoms with van der Waals surface area (Å²) in [6.45, 7) is 0.529. The lowest BCUT2D eigenvalue weighted by molar-refractivity contribution is 0.0785. The van der Waals surface area contributed by atoms with Crippen molar-refractivity contribution < 1.29 is 9.53 Å². The average molecular weight is 285 g/mol. The van der Waals surface area contributed by atoms with Gasteiger partial charge in [-0.1, -0.05) is 12.1 Å². The van der Waals surface area contributed by atoms with Gasteiger partial charge in [-0.05, 0) is 23.8 Å². The van der Waals surface area contributed by atoms with E-state index in [2.05, 4.69) is 10.3 Å². The molecule has 2 aromatic rings. The molecule has 0 spiro atoms.